The number of hydrogen-bond acceptors (Lipinski definition) is 4. The normalized spacial score (nSPS) is 10.9. The lowest BCUT2D eigenvalue weighted by Gasteiger charge is -2.23. The highest BCUT2D eigenvalue weighted by atomic mass is 16.5. The molecular formula is C20H23NO4. The number of amides is 1. The molecule has 0 atom stereocenters. The van der Waals surface area contributed by atoms with Crippen molar-refractivity contribution < 1.29 is 19.1 Å². The van der Waals surface area contributed by atoms with Crippen LogP contribution >= 0.6 is 0 Å². The van der Waals surface area contributed by atoms with Gasteiger partial charge >= 0.3 is 5.97 Å². The number of rotatable bonds is 5. The van der Waals surface area contributed by atoms with Crippen molar-refractivity contribution in [2.75, 3.05) is 19.0 Å². The third-order valence-electron chi connectivity index (χ3n) is 3.63. The van der Waals surface area contributed by atoms with Crippen LogP contribution in [0.25, 0.3) is 0 Å². The highest BCUT2D eigenvalue weighted by Crippen LogP contribution is 2.29. The second-order valence-corrected chi connectivity index (χ2v) is 6.65. The topological polar surface area (TPSA) is 64.6 Å². The Morgan fingerprint density at radius 3 is 2.44 bits per heavy atom. The first-order valence-corrected chi connectivity index (χ1v) is 8.02. The van der Waals surface area contributed by atoms with Gasteiger partial charge in [-0.05, 0) is 35.2 Å². The minimum atomic E-state index is -0.450. The molecule has 0 unspecified atom stereocenters. The van der Waals surface area contributed by atoms with E-state index < -0.39 is 5.97 Å². The van der Waals surface area contributed by atoms with Crippen molar-refractivity contribution in [2.24, 2.45) is 0 Å². The zero-order valence-electron chi connectivity index (χ0n) is 15.0. The fourth-order valence-electron chi connectivity index (χ4n) is 2.41. The summed E-state index contributed by atoms with van der Waals surface area (Å²) in [4.78, 5) is 23.7. The molecule has 0 radical (unpaired) electrons. The number of carbonyl (C=O) groups is 2. The molecule has 5 heteroatoms. The number of nitrogens with one attached hydrogen (secondary N) is 1. The van der Waals surface area contributed by atoms with Gasteiger partial charge in [-0.2, -0.15) is 0 Å². The summed E-state index contributed by atoms with van der Waals surface area (Å²) in [5.41, 5.74) is 2.11. The first-order valence-electron chi connectivity index (χ1n) is 8.02. The minimum Gasteiger partial charge on any atom is -0.484 e. The molecule has 0 heterocycles. The zero-order chi connectivity index (χ0) is 18.4. The minimum absolute atomic E-state index is 0.0838. The van der Waals surface area contributed by atoms with Gasteiger partial charge in [0.05, 0.1) is 12.7 Å². The molecule has 0 aliphatic rings. The Kier molecular flexibility index (Phi) is 5.80. The molecule has 0 aliphatic heterocycles. The van der Waals surface area contributed by atoms with E-state index in [0.29, 0.717) is 11.3 Å². The largest absolute Gasteiger partial charge is 0.484 e. The van der Waals surface area contributed by atoms with Crippen LogP contribution < -0.4 is 10.1 Å². The molecule has 2 aromatic rings. The molecule has 25 heavy (non-hydrogen) atoms. The van der Waals surface area contributed by atoms with Crippen molar-refractivity contribution in [1.29, 1.82) is 0 Å². The number of carbonyl (C=O) groups excluding carboxylic acids is 2. The summed E-state index contributed by atoms with van der Waals surface area (Å²) in [5.74, 6) is -0.281. The standard InChI is InChI=1S/C20H23NO4/c1-20(2,3)16-10-5-6-11-17(16)21-18(22)13-25-15-9-7-8-14(12-15)19(23)24-4/h5-12H,13H2,1-4H3,(H,21,22). The van der Waals surface area contributed by atoms with E-state index in [0.717, 1.165) is 11.3 Å². The predicted molar refractivity (Wildman–Crippen MR) is 97.0 cm³/mol. The van der Waals surface area contributed by atoms with Gasteiger partial charge in [0, 0.05) is 5.69 Å². The molecule has 0 fully saturated rings. The molecule has 0 saturated carbocycles. The third-order valence-corrected chi connectivity index (χ3v) is 3.63. The first-order chi connectivity index (χ1) is 11.8. The number of para-hydroxylation sites is 1. The summed E-state index contributed by atoms with van der Waals surface area (Å²) in [6, 6.07) is 14.2. The summed E-state index contributed by atoms with van der Waals surface area (Å²) >= 11 is 0. The Labute approximate surface area is 148 Å². The van der Waals surface area contributed by atoms with Gasteiger partial charge in [0.15, 0.2) is 6.61 Å². The average Bonchev–Trinajstić information content (AvgIpc) is 2.59. The van der Waals surface area contributed by atoms with Gasteiger partial charge in [-0.1, -0.05) is 45.0 Å². The highest BCUT2D eigenvalue weighted by Gasteiger charge is 2.18. The maximum atomic E-state index is 12.2. The van der Waals surface area contributed by atoms with Crippen LogP contribution in [0.3, 0.4) is 0 Å². The van der Waals surface area contributed by atoms with Crippen LogP contribution in [0.4, 0.5) is 5.69 Å². The molecule has 0 bridgehead atoms. The first kappa shape index (κ1) is 18.5. The fourth-order valence-corrected chi connectivity index (χ4v) is 2.41. The van der Waals surface area contributed by atoms with Crippen molar-refractivity contribution in [3.8, 4) is 5.75 Å². The van der Waals surface area contributed by atoms with Crippen molar-refractivity contribution in [3.63, 3.8) is 0 Å². The molecule has 0 spiro atoms. The third kappa shape index (κ3) is 5.08. The number of hydrogen-bond donors (Lipinski definition) is 1. The molecule has 1 amide bonds. The molecule has 5 nitrogen and oxygen atoms in total. The van der Waals surface area contributed by atoms with E-state index in [-0.39, 0.29) is 17.9 Å². The van der Waals surface area contributed by atoms with Crippen LogP contribution in [0.1, 0.15) is 36.7 Å². The maximum absolute atomic E-state index is 12.2. The number of benzene rings is 2. The van der Waals surface area contributed by atoms with Gasteiger partial charge in [-0.25, -0.2) is 4.79 Å². The Hall–Kier alpha value is -2.82. The smallest absolute Gasteiger partial charge is 0.337 e. The molecular weight excluding hydrogens is 318 g/mol. The van der Waals surface area contributed by atoms with E-state index in [9.17, 15) is 9.59 Å². The van der Waals surface area contributed by atoms with E-state index in [4.69, 9.17) is 4.74 Å². The van der Waals surface area contributed by atoms with Gasteiger partial charge in [-0.15, -0.1) is 0 Å². The molecule has 0 aromatic heterocycles. The quantitative estimate of drug-likeness (QED) is 0.841. The Bertz CT molecular complexity index is 762. The zero-order valence-corrected chi connectivity index (χ0v) is 15.0. The van der Waals surface area contributed by atoms with Crippen molar-refractivity contribution in [2.45, 2.75) is 26.2 Å². The van der Waals surface area contributed by atoms with Crippen LogP contribution in [-0.4, -0.2) is 25.6 Å². The number of esters is 1. The lowest BCUT2D eigenvalue weighted by Crippen LogP contribution is -2.23. The maximum Gasteiger partial charge on any atom is 0.337 e. The second kappa shape index (κ2) is 7.83. The lowest BCUT2D eigenvalue weighted by atomic mass is 9.86. The SMILES string of the molecule is COC(=O)c1cccc(OCC(=O)Nc2ccccc2C(C)(C)C)c1. The van der Waals surface area contributed by atoms with Crippen molar-refractivity contribution in [1.82, 2.24) is 0 Å². The molecule has 2 aromatic carbocycles. The van der Waals surface area contributed by atoms with Crippen LogP contribution in [-0.2, 0) is 14.9 Å². The fraction of sp³-hybridized carbons (Fsp3) is 0.300. The van der Waals surface area contributed by atoms with Crippen molar-refractivity contribution in [3.05, 3.63) is 59.7 Å². The Morgan fingerprint density at radius 2 is 1.76 bits per heavy atom. The van der Waals surface area contributed by atoms with Crippen LogP contribution in [0.15, 0.2) is 48.5 Å². The molecule has 132 valence electrons. The lowest BCUT2D eigenvalue weighted by molar-refractivity contribution is -0.118. The Morgan fingerprint density at radius 1 is 1.04 bits per heavy atom. The molecule has 1 N–H and O–H groups in total. The van der Waals surface area contributed by atoms with Gasteiger partial charge < -0.3 is 14.8 Å². The summed E-state index contributed by atoms with van der Waals surface area (Å²) < 4.78 is 10.1. The number of methoxy groups -OCH3 is 1. The van der Waals surface area contributed by atoms with Gasteiger partial charge in [0.1, 0.15) is 5.75 Å². The van der Waals surface area contributed by atoms with E-state index >= 15 is 0 Å². The molecule has 0 saturated heterocycles. The second-order valence-electron chi connectivity index (χ2n) is 6.65. The van der Waals surface area contributed by atoms with Gasteiger partial charge in [-0.3, -0.25) is 4.79 Å². The van der Waals surface area contributed by atoms with Crippen LogP contribution in [0.2, 0.25) is 0 Å². The average molecular weight is 341 g/mol. The van der Waals surface area contributed by atoms with Crippen molar-refractivity contribution >= 4 is 17.6 Å². The van der Waals surface area contributed by atoms with E-state index in [1.807, 2.05) is 24.3 Å². The summed E-state index contributed by atoms with van der Waals surface area (Å²) in [5, 5.41) is 2.88. The number of anilines is 1. The monoisotopic (exact) mass is 341 g/mol. The van der Waals surface area contributed by atoms with Crippen LogP contribution in [0, 0.1) is 0 Å². The predicted octanol–water partition coefficient (Wildman–Crippen LogP) is 3.79. The van der Waals surface area contributed by atoms with Gasteiger partial charge in [0.2, 0.25) is 0 Å². The summed E-state index contributed by atoms with van der Waals surface area (Å²) in [6.45, 7) is 6.12. The summed E-state index contributed by atoms with van der Waals surface area (Å²) in [7, 11) is 1.32. The van der Waals surface area contributed by atoms with E-state index in [1.54, 1.807) is 24.3 Å². The highest BCUT2D eigenvalue weighted by molar-refractivity contribution is 5.93. The summed E-state index contributed by atoms with van der Waals surface area (Å²) in [6.07, 6.45) is 0. The molecule has 2 rings (SSSR count). The van der Waals surface area contributed by atoms with Gasteiger partial charge in [0.25, 0.3) is 5.91 Å². The van der Waals surface area contributed by atoms with Crippen LogP contribution in [0.5, 0.6) is 5.75 Å². The number of ether oxygens (including phenoxy) is 2. The van der Waals surface area contributed by atoms with E-state index in [1.165, 1.54) is 7.11 Å². The van der Waals surface area contributed by atoms with E-state index in [2.05, 4.69) is 30.8 Å². The molecule has 0 aliphatic carbocycles. The Balaban J connectivity index is 2.02.